The number of hydrogen-bond acceptors (Lipinski definition) is 4. The maximum atomic E-state index is 12.0. The third kappa shape index (κ3) is 4.55. The number of rotatable bonds is 3. The molecule has 1 unspecified atom stereocenters. The van der Waals surface area contributed by atoms with Crippen molar-refractivity contribution in [2.45, 2.75) is 39.3 Å². The van der Waals surface area contributed by atoms with Gasteiger partial charge in [-0.25, -0.2) is 0 Å². The van der Waals surface area contributed by atoms with Crippen LogP contribution in [-0.4, -0.2) is 27.6 Å². The van der Waals surface area contributed by atoms with Gasteiger partial charge in [0.2, 0.25) is 0 Å². The second-order valence-corrected chi connectivity index (χ2v) is 5.18. The van der Waals surface area contributed by atoms with Crippen LogP contribution in [0.4, 0.5) is 0 Å². The van der Waals surface area contributed by atoms with E-state index in [-0.39, 0.29) is 41.3 Å². The van der Waals surface area contributed by atoms with Gasteiger partial charge in [-0.3, -0.25) is 4.79 Å². The van der Waals surface area contributed by atoms with Crippen LogP contribution in [0.15, 0.2) is 18.2 Å². The molecule has 0 amide bonds. The van der Waals surface area contributed by atoms with Crippen LogP contribution in [0.25, 0.3) is 0 Å². The molecule has 102 valence electrons. The first kappa shape index (κ1) is 16.7. The first-order chi connectivity index (χ1) is 7.70. The molecule has 0 aliphatic heterocycles. The molecule has 1 rings (SSSR count). The van der Waals surface area contributed by atoms with Crippen molar-refractivity contribution in [3.05, 3.63) is 23.8 Å². The number of aromatic hydroxyl groups is 2. The Labute approximate surface area is 113 Å². The molecule has 0 aliphatic rings. The Bertz CT molecular complexity index is 427. The predicted molar refractivity (Wildman–Crippen MR) is 73.7 cm³/mol. The Morgan fingerprint density at radius 2 is 1.78 bits per heavy atom. The first-order valence-electron chi connectivity index (χ1n) is 5.54. The lowest BCUT2D eigenvalue weighted by Crippen LogP contribution is -2.46. The number of benzene rings is 1. The molecule has 0 spiro atoms. The summed E-state index contributed by atoms with van der Waals surface area (Å²) in [6, 6.07) is 3.74. The fraction of sp³-hybridized carbons (Fsp3) is 0.462. The molecular formula is C13H20ClNO3. The Kier molecular flexibility index (Phi) is 5.64. The van der Waals surface area contributed by atoms with E-state index in [1.165, 1.54) is 18.2 Å². The number of Topliss-reactive ketones (excluding diaryl/α,β-unsaturated/α-hetero) is 1. The lowest BCUT2D eigenvalue weighted by molar-refractivity contribution is 0.0935. The molecule has 0 heterocycles. The minimum atomic E-state index is -0.348. The fourth-order valence-corrected chi connectivity index (χ4v) is 1.64. The van der Waals surface area contributed by atoms with E-state index >= 15 is 0 Å². The molecule has 0 saturated heterocycles. The Hall–Kier alpha value is -1.26. The number of halogens is 1. The normalized spacial score (nSPS) is 12.7. The Morgan fingerprint density at radius 1 is 1.22 bits per heavy atom. The van der Waals surface area contributed by atoms with Crippen molar-refractivity contribution in [3.8, 4) is 11.5 Å². The van der Waals surface area contributed by atoms with Gasteiger partial charge in [-0.15, -0.1) is 12.4 Å². The summed E-state index contributed by atoms with van der Waals surface area (Å²) in [6.45, 7) is 7.71. The highest BCUT2D eigenvalue weighted by molar-refractivity contribution is 6.00. The second kappa shape index (κ2) is 6.07. The minimum absolute atomic E-state index is 0. The summed E-state index contributed by atoms with van der Waals surface area (Å²) in [5.74, 6) is -0.619. The van der Waals surface area contributed by atoms with Gasteiger partial charge < -0.3 is 15.5 Å². The number of nitrogens with one attached hydrogen (secondary N) is 1. The summed E-state index contributed by atoms with van der Waals surface area (Å²) in [6.07, 6.45) is 0. The molecule has 5 heteroatoms. The van der Waals surface area contributed by atoms with Gasteiger partial charge in [0.05, 0.1) is 6.04 Å². The zero-order valence-electron chi connectivity index (χ0n) is 11.0. The molecule has 1 atom stereocenters. The molecule has 4 nitrogen and oxygen atoms in total. The van der Waals surface area contributed by atoms with E-state index in [2.05, 4.69) is 5.32 Å². The predicted octanol–water partition coefficient (Wildman–Crippen LogP) is 2.48. The van der Waals surface area contributed by atoms with Crippen LogP contribution >= 0.6 is 12.4 Å². The van der Waals surface area contributed by atoms with Crippen LogP contribution in [0.1, 0.15) is 38.1 Å². The van der Waals surface area contributed by atoms with Crippen LogP contribution in [0.2, 0.25) is 0 Å². The fourth-order valence-electron chi connectivity index (χ4n) is 1.64. The van der Waals surface area contributed by atoms with Crippen molar-refractivity contribution in [1.29, 1.82) is 0 Å². The highest BCUT2D eigenvalue weighted by Gasteiger charge is 2.21. The molecule has 0 bridgehead atoms. The van der Waals surface area contributed by atoms with Crippen LogP contribution < -0.4 is 5.32 Å². The molecule has 0 aliphatic carbocycles. The maximum absolute atomic E-state index is 12.0. The molecule has 0 radical (unpaired) electrons. The van der Waals surface area contributed by atoms with E-state index in [0.717, 1.165) is 0 Å². The van der Waals surface area contributed by atoms with Gasteiger partial charge in [0.15, 0.2) is 17.3 Å². The SMILES string of the molecule is CC(NC(C)(C)C)C(=O)c1ccc(O)c(O)c1.Cl. The summed E-state index contributed by atoms with van der Waals surface area (Å²) in [5, 5.41) is 21.7. The maximum Gasteiger partial charge on any atom is 0.179 e. The van der Waals surface area contributed by atoms with Crippen molar-refractivity contribution < 1.29 is 15.0 Å². The third-order valence-electron chi connectivity index (χ3n) is 2.30. The standard InChI is InChI=1S/C13H19NO3.ClH/c1-8(14-13(2,3)4)12(17)9-5-6-10(15)11(16)7-9;/h5-8,14-16H,1-4H3;1H. The molecule has 0 saturated carbocycles. The number of phenols is 2. The molecule has 0 fully saturated rings. The summed E-state index contributed by atoms with van der Waals surface area (Å²) >= 11 is 0. The Morgan fingerprint density at radius 3 is 2.22 bits per heavy atom. The molecule has 3 N–H and O–H groups in total. The van der Waals surface area contributed by atoms with E-state index in [0.29, 0.717) is 5.56 Å². The second-order valence-electron chi connectivity index (χ2n) is 5.18. The van der Waals surface area contributed by atoms with E-state index in [9.17, 15) is 15.0 Å². The van der Waals surface area contributed by atoms with E-state index < -0.39 is 0 Å². The van der Waals surface area contributed by atoms with Crippen molar-refractivity contribution >= 4 is 18.2 Å². The van der Waals surface area contributed by atoms with Crippen molar-refractivity contribution in [2.75, 3.05) is 0 Å². The van der Waals surface area contributed by atoms with Gasteiger partial charge in [-0.05, 0) is 45.9 Å². The molecule has 18 heavy (non-hydrogen) atoms. The van der Waals surface area contributed by atoms with Crippen molar-refractivity contribution in [2.24, 2.45) is 0 Å². The number of phenolic OH excluding ortho intramolecular Hbond substituents is 2. The average molecular weight is 274 g/mol. The molecule has 1 aromatic rings. The number of carbonyl (C=O) groups excluding carboxylic acids is 1. The van der Waals surface area contributed by atoms with E-state index in [1.807, 2.05) is 20.8 Å². The molecule has 1 aromatic carbocycles. The monoisotopic (exact) mass is 273 g/mol. The largest absolute Gasteiger partial charge is 0.504 e. The third-order valence-corrected chi connectivity index (χ3v) is 2.30. The molecule has 0 aromatic heterocycles. The lowest BCUT2D eigenvalue weighted by Gasteiger charge is -2.25. The van der Waals surface area contributed by atoms with Crippen LogP contribution in [-0.2, 0) is 0 Å². The van der Waals surface area contributed by atoms with Crippen LogP contribution in [0.5, 0.6) is 11.5 Å². The van der Waals surface area contributed by atoms with Gasteiger partial charge in [0, 0.05) is 11.1 Å². The highest BCUT2D eigenvalue weighted by Crippen LogP contribution is 2.25. The van der Waals surface area contributed by atoms with Gasteiger partial charge in [0.1, 0.15) is 0 Å². The zero-order chi connectivity index (χ0) is 13.2. The number of ketones is 1. The van der Waals surface area contributed by atoms with E-state index in [1.54, 1.807) is 6.92 Å². The van der Waals surface area contributed by atoms with Gasteiger partial charge in [-0.2, -0.15) is 0 Å². The van der Waals surface area contributed by atoms with Crippen LogP contribution in [0.3, 0.4) is 0 Å². The quantitative estimate of drug-likeness (QED) is 0.585. The van der Waals surface area contributed by atoms with Crippen molar-refractivity contribution in [1.82, 2.24) is 5.32 Å². The summed E-state index contributed by atoms with van der Waals surface area (Å²) < 4.78 is 0. The average Bonchev–Trinajstić information content (AvgIpc) is 2.18. The van der Waals surface area contributed by atoms with Gasteiger partial charge >= 0.3 is 0 Å². The topological polar surface area (TPSA) is 69.6 Å². The van der Waals surface area contributed by atoms with Gasteiger partial charge in [-0.1, -0.05) is 0 Å². The summed E-state index contributed by atoms with van der Waals surface area (Å²) in [4.78, 5) is 12.0. The Balaban J connectivity index is 0.00000289. The minimum Gasteiger partial charge on any atom is -0.504 e. The highest BCUT2D eigenvalue weighted by atomic mass is 35.5. The van der Waals surface area contributed by atoms with E-state index in [4.69, 9.17) is 0 Å². The molecular weight excluding hydrogens is 254 g/mol. The summed E-state index contributed by atoms with van der Waals surface area (Å²) in [7, 11) is 0. The smallest absolute Gasteiger partial charge is 0.179 e. The van der Waals surface area contributed by atoms with Crippen LogP contribution in [0, 0.1) is 0 Å². The van der Waals surface area contributed by atoms with Gasteiger partial charge in [0.25, 0.3) is 0 Å². The zero-order valence-corrected chi connectivity index (χ0v) is 11.8. The number of carbonyl (C=O) groups is 1. The first-order valence-corrected chi connectivity index (χ1v) is 5.54. The number of hydrogen-bond donors (Lipinski definition) is 3. The van der Waals surface area contributed by atoms with Crippen molar-refractivity contribution in [3.63, 3.8) is 0 Å². The lowest BCUT2D eigenvalue weighted by atomic mass is 10.0. The summed E-state index contributed by atoms with van der Waals surface area (Å²) in [5.41, 5.74) is 0.221.